The molecular formula is C20H37N3O2. The van der Waals surface area contributed by atoms with E-state index in [4.69, 9.17) is 0 Å². The minimum absolute atomic E-state index is 0.0270. The van der Waals surface area contributed by atoms with Gasteiger partial charge in [-0.2, -0.15) is 0 Å². The lowest BCUT2D eigenvalue weighted by Gasteiger charge is -2.23. The maximum atomic E-state index is 12.2. The monoisotopic (exact) mass is 351 g/mol. The average molecular weight is 352 g/mol. The molecular weight excluding hydrogens is 314 g/mol. The van der Waals surface area contributed by atoms with Crippen LogP contribution < -0.4 is 16.0 Å². The molecule has 2 aliphatic carbocycles. The number of amides is 2. The van der Waals surface area contributed by atoms with Crippen molar-refractivity contribution in [3.8, 4) is 0 Å². The van der Waals surface area contributed by atoms with Crippen LogP contribution in [-0.2, 0) is 9.59 Å². The molecule has 1 unspecified atom stereocenters. The summed E-state index contributed by atoms with van der Waals surface area (Å²) >= 11 is 0. The zero-order valence-electron chi connectivity index (χ0n) is 15.9. The quantitative estimate of drug-likeness (QED) is 0.465. The van der Waals surface area contributed by atoms with Gasteiger partial charge in [0.1, 0.15) is 0 Å². The van der Waals surface area contributed by atoms with Gasteiger partial charge < -0.3 is 16.0 Å². The molecule has 0 heterocycles. The SMILES string of the molecule is CC(CC(=O)NCCNC1CCCCCC1)NC(=O)C1CCCCC1. The van der Waals surface area contributed by atoms with Crippen molar-refractivity contribution in [1.82, 2.24) is 16.0 Å². The maximum Gasteiger partial charge on any atom is 0.223 e. The third kappa shape index (κ3) is 8.21. The van der Waals surface area contributed by atoms with Crippen molar-refractivity contribution < 1.29 is 9.59 Å². The highest BCUT2D eigenvalue weighted by Gasteiger charge is 2.22. The van der Waals surface area contributed by atoms with Crippen molar-refractivity contribution in [3.63, 3.8) is 0 Å². The number of hydrogen-bond acceptors (Lipinski definition) is 3. The summed E-state index contributed by atoms with van der Waals surface area (Å²) in [6, 6.07) is 0.525. The first-order chi connectivity index (χ1) is 12.1. The predicted octanol–water partition coefficient (Wildman–Crippen LogP) is 2.89. The van der Waals surface area contributed by atoms with E-state index >= 15 is 0 Å². The fourth-order valence-electron chi connectivity index (χ4n) is 4.09. The summed E-state index contributed by atoms with van der Waals surface area (Å²) in [7, 11) is 0. The highest BCUT2D eigenvalue weighted by atomic mass is 16.2. The lowest BCUT2D eigenvalue weighted by Crippen LogP contribution is -2.42. The molecule has 144 valence electrons. The van der Waals surface area contributed by atoms with Gasteiger partial charge in [0.25, 0.3) is 0 Å². The van der Waals surface area contributed by atoms with Crippen LogP contribution in [0.1, 0.15) is 84.0 Å². The van der Waals surface area contributed by atoms with Crippen LogP contribution in [0.5, 0.6) is 0 Å². The summed E-state index contributed by atoms with van der Waals surface area (Å²) in [6.45, 7) is 3.42. The molecule has 0 aliphatic heterocycles. The Labute approximate surface area is 153 Å². The van der Waals surface area contributed by atoms with Gasteiger partial charge in [0, 0.05) is 37.5 Å². The fourth-order valence-corrected chi connectivity index (χ4v) is 4.09. The van der Waals surface area contributed by atoms with E-state index in [0.29, 0.717) is 19.0 Å². The Bertz CT molecular complexity index is 400. The van der Waals surface area contributed by atoms with E-state index in [2.05, 4.69) is 16.0 Å². The van der Waals surface area contributed by atoms with E-state index in [1.165, 1.54) is 44.9 Å². The van der Waals surface area contributed by atoms with E-state index < -0.39 is 0 Å². The van der Waals surface area contributed by atoms with Crippen LogP contribution >= 0.6 is 0 Å². The molecule has 0 aromatic carbocycles. The van der Waals surface area contributed by atoms with Crippen LogP contribution in [0.3, 0.4) is 0 Å². The molecule has 2 saturated carbocycles. The highest BCUT2D eigenvalue weighted by molar-refractivity contribution is 5.81. The van der Waals surface area contributed by atoms with Crippen LogP contribution in [0.15, 0.2) is 0 Å². The molecule has 1 atom stereocenters. The Morgan fingerprint density at radius 3 is 2.16 bits per heavy atom. The summed E-state index contributed by atoms with van der Waals surface area (Å²) in [6.07, 6.45) is 13.8. The molecule has 0 aromatic rings. The molecule has 5 heteroatoms. The zero-order chi connectivity index (χ0) is 17.9. The van der Waals surface area contributed by atoms with E-state index in [1.54, 1.807) is 0 Å². The number of nitrogens with one attached hydrogen (secondary N) is 3. The fraction of sp³-hybridized carbons (Fsp3) is 0.900. The number of carbonyl (C=O) groups is 2. The lowest BCUT2D eigenvalue weighted by molar-refractivity contribution is -0.127. The van der Waals surface area contributed by atoms with Gasteiger partial charge in [0.15, 0.2) is 0 Å². The molecule has 0 saturated heterocycles. The number of rotatable bonds is 8. The second-order valence-electron chi connectivity index (χ2n) is 7.94. The molecule has 0 radical (unpaired) electrons. The van der Waals surface area contributed by atoms with Crippen LogP contribution in [0.25, 0.3) is 0 Å². The van der Waals surface area contributed by atoms with Gasteiger partial charge >= 0.3 is 0 Å². The largest absolute Gasteiger partial charge is 0.355 e. The van der Waals surface area contributed by atoms with Gasteiger partial charge in [-0.15, -0.1) is 0 Å². The Kier molecular flexibility index (Phi) is 9.30. The van der Waals surface area contributed by atoms with E-state index in [9.17, 15) is 9.59 Å². The van der Waals surface area contributed by atoms with Crippen molar-refractivity contribution in [1.29, 1.82) is 0 Å². The van der Waals surface area contributed by atoms with E-state index in [1.807, 2.05) is 6.92 Å². The second kappa shape index (κ2) is 11.5. The van der Waals surface area contributed by atoms with Crippen molar-refractivity contribution >= 4 is 11.8 Å². The molecule has 5 nitrogen and oxygen atoms in total. The van der Waals surface area contributed by atoms with E-state index in [-0.39, 0.29) is 23.8 Å². The van der Waals surface area contributed by atoms with Gasteiger partial charge in [0.05, 0.1) is 0 Å². The van der Waals surface area contributed by atoms with Crippen LogP contribution in [0.2, 0.25) is 0 Å². The summed E-state index contributed by atoms with van der Waals surface area (Å²) in [5, 5.41) is 9.54. The van der Waals surface area contributed by atoms with Gasteiger partial charge in [0.2, 0.25) is 11.8 Å². The van der Waals surface area contributed by atoms with Gasteiger partial charge in [-0.3, -0.25) is 9.59 Å². The summed E-state index contributed by atoms with van der Waals surface area (Å²) in [5.41, 5.74) is 0. The molecule has 0 spiro atoms. The minimum Gasteiger partial charge on any atom is -0.355 e. The van der Waals surface area contributed by atoms with Crippen LogP contribution in [0, 0.1) is 5.92 Å². The molecule has 2 amide bonds. The first-order valence-electron chi connectivity index (χ1n) is 10.5. The zero-order valence-corrected chi connectivity index (χ0v) is 15.9. The summed E-state index contributed by atoms with van der Waals surface area (Å²) < 4.78 is 0. The van der Waals surface area contributed by atoms with Crippen molar-refractivity contribution in [2.45, 2.75) is 96.1 Å². The van der Waals surface area contributed by atoms with Crippen molar-refractivity contribution in [3.05, 3.63) is 0 Å². The second-order valence-corrected chi connectivity index (χ2v) is 7.94. The molecule has 2 rings (SSSR count). The Morgan fingerprint density at radius 1 is 0.880 bits per heavy atom. The normalized spacial score (nSPS) is 21.3. The lowest BCUT2D eigenvalue weighted by atomic mass is 9.88. The Morgan fingerprint density at radius 2 is 1.48 bits per heavy atom. The molecule has 25 heavy (non-hydrogen) atoms. The van der Waals surface area contributed by atoms with E-state index in [0.717, 1.165) is 32.2 Å². The molecule has 0 aromatic heterocycles. The van der Waals surface area contributed by atoms with Crippen molar-refractivity contribution in [2.75, 3.05) is 13.1 Å². The van der Waals surface area contributed by atoms with Crippen LogP contribution in [-0.4, -0.2) is 37.0 Å². The number of carbonyl (C=O) groups excluding carboxylic acids is 2. The molecule has 2 aliphatic rings. The van der Waals surface area contributed by atoms with Gasteiger partial charge in [-0.05, 0) is 32.6 Å². The standard InChI is InChI=1S/C20H37N3O2/c1-16(23-20(25)17-9-5-4-6-10-17)15-19(24)22-14-13-21-18-11-7-2-3-8-12-18/h16-18,21H,2-15H2,1H3,(H,22,24)(H,23,25). The van der Waals surface area contributed by atoms with Crippen LogP contribution in [0.4, 0.5) is 0 Å². The molecule has 0 bridgehead atoms. The summed E-state index contributed by atoms with van der Waals surface area (Å²) in [4.78, 5) is 24.2. The molecule has 2 fully saturated rings. The third-order valence-corrected chi connectivity index (χ3v) is 5.59. The van der Waals surface area contributed by atoms with Gasteiger partial charge in [-0.25, -0.2) is 0 Å². The first kappa shape index (κ1) is 20.2. The van der Waals surface area contributed by atoms with Crippen molar-refractivity contribution in [2.24, 2.45) is 5.92 Å². The highest BCUT2D eigenvalue weighted by Crippen LogP contribution is 2.23. The molecule has 3 N–H and O–H groups in total. The Balaban J connectivity index is 1.53. The topological polar surface area (TPSA) is 70.2 Å². The smallest absolute Gasteiger partial charge is 0.223 e. The Hall–Kier alpha value is -1.10. The van der Waals surface area contributed by atoms with Gasteiger partial charge in [-0.1, -0.05) is 44.9 Å². The summed E-state index contributed by atoms with van der Waals surface area (Å²) in [5.74, 6) is 0.317. The third-order valence-electron chi connectivity index (χ3n) is 5.59. The minimum atomic E-state index is -0.0933. The first-order valence-corrected chi connectivity index (χ1v) is 10.5. The maximum absolute atomic E-state index is 12.2. The predicted molar refractivity (Wildman–Crippen MR) is 101 cm³/mol. The number of hydrogen-bond donors (Lipinski definition) is 3. The average Bonchev–Trinajstić information content (AvgIpc) is 2.88.